The van der Waals surface area contributed by atoms with E-state index in [0.29, 0.717) is 0 Å². The van der Waals surface area contributed by atoms with Crippen LogP contribution in [0.2, 0.25) is 0 Å². The minimum Gasteiger partial charge on any atom is -0.0819 e. The fourth-order valence-electron chi connectivity index (χ4n) is 4.10. The van der Waals surface area contributed by atoms with Gasteiger partial charge in [0, 0.05) is 0 Å². The molecule has 18 heavy (non-hydrogen) atoms. The lowest BCUT2D eigenvalue weighted by atomic mass is 9.69. The highest BCUT2D eigenvalue weighted by Crippen LogP contribution is 2.41. The molecule has 0 aliphatic heterocycles. The molecule has 0 aromatic rings. The zero-order chi connectivity index (χ0) is 13.1. The molecule has 0 aromatic heterocycles. The van der Waals surface area contributed by atoms with Gasteiger partial charge in [0.05, 0.1) is 0 Å². The van der Waals surface area contributed by atoms with Crippen LogP contribution < -0.4 is 0 Å². The normalized spacial score (nSPS) is 42.9. The van der Waals surface area contributed by atoms with Crippen molar-refractivity contribution in [3.05, 3.63) is 11.6 Å². The van der Waals surface area contributed by atoms with Crippen LogP contribution in [0, 0.1) is 29.6 Å². The molecule has 0 N–H and O–H groups in total. The third kappa shape index (κ3) is 3.39. The van der Waals surface area contributed by atoms with E-state index in [9.17, 15) is 0 Å². The van der Waals surface area contributed by atoms with E-state index in [1.807, 2.05) is 5.57 Å². The monoisotopic (exact) mass is 248 g/mol. The Morgan fingerprint density at radius 2 is 1.61 bits per heavy atom. The first-order chi connectivity index (χ1) is 8.58. The van der Waals surface area contributed by atoms with Crippen LogP contribution >= 0.6 is 0 Å². The summed E-state index contributed by atoms with van der Waals surface area (Å²) in [5.74, 6) is 4.38. The van der Waals surface area contributed by atoms with Gasteiger partial charge in [-0.15, -0.1) is 0 Å². The van der Waals surface area contributed by atoms with E-state index in [1.165, 1.54) is 44.9 Å². The van der Waals surface area contributed by atoms with Gasteiger partial charge >= 0.3 is 0 Å². The second kappa shape index (κ2) is 6.26. The van der Waals surface area contributed by atoms with E-state index in [1.54, 1.807) is 0 Å². The van der Waals surface area contributed by atoms with Crippen molar-refractivity contribution in [2.45, 2.75) is 72.6 Å². The Balaban J connectivity index is 2.18. The molecule has 5 unspecified atom stereocenters. The predicted octanol–water partition coefficient (Wildman–Crippen LogP) is 5.83. The summed E-state index contributed by atoms with van der Waals surface area (Å²) in [5, 5.41) is 0. The molecule has 0 radical (unpaired) electrons. The summed E-state index contributed by atoms with van der Waals surface area (Å²) in [6, 6.07) is 0. The third-order valence-electron chi connectivity index (χ3n) is 5.59. The van der Waals surface area contributed by atoms with Crippen molar-refractivity contribution in [3.8, 4) is 0 Å². The molecule has 2 aliphatic carbocycles. The van der Waals surface area contributed by atoms with Crippen LogP contribution in [-0.2, 0) is 0 Å². The first kappa shape index (κ1) is 14.2. The van der Waals surface area contributed by atoms with Crippen molar-refractivity contribution >= 4 is 0 Å². The smallest absolute Gasteiger partial charge is 0.0198 e. The maximum Gasteiger partial charge on any atom is -0.0198 e. The number of hydrogen-bond donors (Lipinski definition) is 0. The molecular weight excluding hydrogens is 216 g/mol. The van der Waals surface area contributed by atoms with Crippen molar-refractivity contribution in [1.29, 1.82) is 0 Å². The molecule has 0 spiro atoms. The molecule has 2 rings (SSSR count). The topological polar surface area (TPSA) is 0 Å². The van der Waals surface area contributed by atoms with E-state index < -0.39 is 0 Å². The molecule has 0 amide bonds. The average Bonchev–Trinajstić information content (AvgIpc) is 2.35. The highest BCUT2D eigenvalue weighted by Gasteiger charge is 2.29. The van der Waals surface area contributed by atoms with Gasteiger partial charge in [0.25, 0.3) is 0 Å². The van der Waals surface area contributed by atoms with Gasteiger partial charge in [0.1, 0.15) is 0 Å². The summed E-state index contributed by atoms with van der Waals surface area (Å²) in [6.45, 7) is 9.86. The Bertz CT molecular complexity index is 288. The van der Waals surface area contributed by atoms with Crippen LogP contribution in [0.5, 0.6) is 0 Å². The van der Waals surface area contributed by atoms with E-state index >= 15 is 0 Å². The maximum atomic E-state index is 2.64. The van der Waals surface area contributed by atoms with Crippen molar-refractivity contribution in [2.24, 2.45) is 29.6 Å². The molecule has 0 heterocycles. The second-order valence-electron chi connectivity index (χ2n) is 7.31. The predicted molar refractivity (Wildman–Crippen MR) is 80.5 cm³/mol. The summed E-state index contributed by atoms with van der Waals surface area (Å²) in [5.41, 5.74) is 1.83. The zero-order valence-electron chi connectivity index (χ0n) is 12.9. The highest BCUT2D eigenvalue weighted by molar-refractivity contribution is 5.16. The molecule has 0 heteroatoms. The summed E-state index contributed by atoms with van der Waals surface area (Å²) < 4.78 is 0. The molecule has 0 nitrogen and oxygen atoms in total. The minimum atomic E-state index is 0.822. The fourth-order valence-corrected chi connectivity index (χ4v) is 4.10. The second-order valence-corrected chi connectivity index (χ2v) is 7.31. The van der Waals surface area contributed by atoms with Crippen LogP contribution in [0.1, 0.15) is 72.6 Å². The lowest BCUT2D eigenvalue weighted by Gasteiger charge is -2.36. The van der Waals surface area contributed by atoms with Crippen molar-refractivity contribution in [2.75, 3.05) is 0 Å². The number of hydrogen-bond acceptors (Lipinski definition) is 0. The van der Waals surface area contributed by atoms with Gasteiger partial charge in [-0.3, -0.25) is 0 Å². The Hall–Kier alpha value is -0.260. The molecule has 1 saturated carbocycles. The first-order valence-corrected chi connectivity index (χ1v) is 8.29. The maximum absolute atomic E-state index is 2.64. The third-order valence-corrected chi connectivity index (χ3v) is 5.59. The van der Waals surface area contributed by atoms with Crippen molar-refractivity contribution < 1.29 is 0 Å². The number of allylic oxidation sites excluding steroid dienone is 2. The molecular formula is C18H32. The van der Waals surface area contributed by atoms with Gasteiger partial charge < -0.3 is 0 Å². The van der Waals surface area contributed by atoms with E-state index in [2.05, 4.69) is 33.8 Å². The van der Waals surface area contributed by atoms with Gasteiger partial charge in [-0.2, -0.15) is 0 Å². The first-order valence-electron chi connectivity index (χ1n) is 8.29. The van der Waals surface area contributed by atoms with Gasteiger partial charge in [0.2, 0.25) is 0 Å². The standard InChI is InChI=1S/C18H32/c1-13-7-5-6-8-15(3)16(4)18-12-14(2)9-10-17(18)11-13/h12-17H,5-11H2,1-4H3. The summed E-state index contributed by atoms with van der Waals surface area (Å²) in [6.07, 6.45) is 12.8. The van der Waals surface area contributed by atoms with E-state index in [-0.39, 0.29) is 0 Å². The highest BCUT2D eigenvalue weighted by atomic mass is 14.3. The summed E-state index contributed by atoms with van der Waals surface area (Å²) in [7, 11) is 0. The lowest BCUT2D eigenvalue weighted by molar-refractivity contribution is 0.277. The lowest BCUT2D eigenvalue weighted by Crippen LogP contribution is -2.24. The molecule has 2 aliphatic rings. The molecule has 104 valence electrons. The number of fused-ring (bicyclic) bond motifs is 1. The van der Waals surface area contributed by atoms with Crippen LogP contribution in [0.3, 0.4) is 0 Å². The largest absolute Gasteiger partial charge is 0.0819 e. The zero-order valence-corrected chi connectivity index (χ0v) is 12.9. The van der Waals surface area contributed by atoms with E-state index in [0.717, 1.165) is 29.6 Å². The molecule has 0 aromatic carbocycles. The molecule has 1 fully saturated rings. The number of rotatable bonds is 0. The molecule has 5 atom stereocenters. The Morgan fingerprint density at radius 3 is 2.39 bits per heavy atom. The van der Waals surface area contributed by atoms with Gasteiger partial charge in [-0.1, -0.05) is 65.0 Å². The Labute approximate surface area is 114 Å². The van der Waals surface area contributed by atoms with E-state index in [4.69, 9.17) is 0 Å². The Kier molecular flexibility index (Phi) is 4.92. The SMILES string of the molecule is CC1C=C2C(CC1)CC(C)CCCCC(C)C2C. The van der Waals surface area contributed by atoms with Crippen molar-refractivity contribution in [3.63, 3.8) is 0 Å². The Morgan fingerprint density at radius 1 is 0.889 bits per heavy atom. The summed E-state index contributed by atoms with van der Waals surface area (Å²) in [4.78, 5) is 0. The summed E-state index contributed by atoms with van der Waals surface area (Å²) >= 11 is 0. The van der Waals surface area contributed by atoms with Crippen LogP contribution in [0.25, 0.3) is 0 Å². The molecule has 0 saturated heterocycles. The minimum absolute atomic E-state index is 0.822. The molecule has 0 bridgehead atoms. The average molecular weight is 248 g/mol. The van der Waals surface area contributed by atoms with Crippen LogP contribution in [0.4, 0.5) is 0 Å². The van der Waals surface area contributed by atoms with Crippen LogP contribution in [-0.4, -0.2) is 0 Å². The van der Waals surface area contributed by atoms with Gasteiger partial charge in [-0.25, -0.2) is 0 Å². The van der Waals surface area contributed by atoms with Crippen molar-refractivity contribution in [1.82, 2.24) is 0 Å². The van der Waals surface area contributed by atoms with Crippen LogP contribution in [0.15, 0.2) is 11.6 Å². The van der Waals surface area contributed by atoms with Gasteiger partial charge in [0.15, 0.2) is 0 Å². The quantitative estimate of drug-likeness (QED) is 0.473. The van der Waals surface area contributed by atoms with Gasteiger partial charge in [-0.05, 0) is 48.9 Å². The fraction of sp³-hybridized carbons (Fsp3) is 0.889.